The van der Waals surface area contributed by atoms with E-state index in [2.05, 4.69) is 21.5 Å². The normalized spacial score (nSPS) is 18.3. The second-order valence-corrected chi connectivity index (χ2v) is 7.46. The molecule has 9 heteroatoms. The number of aliphatic imine (C=N–C) groups is 1. The van der Waals surface area contributed by atoms with Crippen LogP contribution in [0.25, 0.3) is 0 Å². The maximum atomic E-state index is 12.6. The van der Waals surface area contributed by atoms with Gasteiger partial charge in [-0.2, -0.15) is 24.9 Å². The third-order valence-electron chi connectivity index (χ3n) is 4.30. The molecule has 0 bridgehead atoms. The van der Waals surface area contributed by atoms with Crippen LogP contribution in [0, 0.1) is 5.92 Å². The second-order valence-electron chi connectivity index (χ2n) is 6.48. The predicted octanol–water partition coefficient (Wildman–Crippen LogP) is 3.92. The number of guanidine groups is 1. The summed E-state index contributed by atoms with van der Waals surface area (Å²) in [6.07, 6.45) is 1.14. The van der Waals surface area contributed by atoms with Crippen molar-refractivity contribution in [2.75, 3.05) is 57.8 Å². The Hall–Kier alpha value is 0.1000. The Morgan fingerprint density at radius 1 is 1.31 bits per heavy atom. The van der Waals surface area contributed by atoms with Gasteiger partial charge in [0, 0.05) is 32.7 Å². The van der Waals surface area contributed by atoms with E-state index in [0.29, 0.717) is 13.1 Å². The highest BCUT2D eigenvalue weighted by atomic mass is 127. The predicted molar refractivity (Wildman–Crippen MR) is 117 cm³/mol. The van der Waals surface area contributed by atoms with Crippen LogP contribution in [0.15, 0.2) is 4.99 Å². The SMILES string of the molecule is CCNC(=NCCCCSC)N1CCC(CN(CC)CC(F)(F)F)C1.I. The minimum atomic E-state index is -4.12. The quantitative estimate of drug-likeness (QED) is 0.209. The van der Waals surface area contributed by atoms with Crippen molar-refractivity contribution in [3.8, 4) is 0 Å². The molecule has 156 valence electrons. The van der Waals surface area contributed by atoms with Crippen LogP contribution >= 0.6 is 35.7 Å². The van der Waals surface area contributed by atoms with Gasteiger partial charge in [0.25, 0.3) is 0 Å². The molecule has 1 N–H and O–H groups in total. The minimum Gasteiger partial charge on any atom is -0.357 e. The molecule has 1 atom stereocenters. The van der Waals surface area contributed by atoms with E-state index in [-0.39, 0.29) is 29.9 Å². The number of likely N-dealkylation sites (tertiary alicyclic amines) is 1. The summed E-state index contributed by atoms with van der Waals surface area (Å²) in [5.41, 5.74) is 0. The molecule has 1 fully saturated rings. The highest BCUT2D eigenvalue weighted by Gasteiger charge is 2.32. The molecule has 0 aliphatic carbocycles. The lowest BCUT2D eigenvalue weighted by atomic mass is 10.1. The molecule has 0 aromatic rings. The first-order chi connectivity index (χ1) is 11.9. The number of thioether (sulfide) groups is 1. The Morgan fingerprint density at radius 3 is 2.62 bits per heavy atom. The van der Waals surface area contributed by atoms with Crippen molar-refractivity contribution >= 4 is 41.7 Å². The third kappa shape index (κ3) is 11.1. The van der Waals surface area contributed by atoms with Crippen molar-refractivity contribution < 1.29 is 13.2 Å². The van der Waals surface area contributed by atoms with Gasteiger partial charge in [-0.15, -0.1) is 24.0 Å². The van der Waals surface area contributed by atoms with E-state index < -0.39 is 12.7 Å². The van der Waals surface area contributed by atoms with Gasteiger partial charge in [-0.1, -0.05) is 6.92 Å². The maximum absolute atomic E-state index is 12.6. The number of unbranched alkanes of at least 4 members (excludes halogenated alkanes) is 1. The molecule has 26 heavy (non-hydrogen) atoms. The van der Waals surface area contributed by atoms with Crippen LogP contribution < -0.4 is 5.32 Å². The van der Waals surface area contributed by atoms with Gasteiger partial charge in [0.1, 0.15) is 0 Å². The first-order valence-corrected chi connectivity index (χ1v) is 10.6. The van der Waals surface area contributed by atoms with E-state index in [1.807, 2.05) is 18.7 Å². The fraction of sp³-hybridized carbons (Fsp3) is 0.941. The zero-order valence-electron chi connectivity index (χ0n) is 16.1. The Labute approximate surface area is 177 Å². The zero-order valence-corrected chi connectivity index (χ0v) is 19.3. The van der Waals surface area contributed by atoms with Gasteiger partial charge in [-0.05, 0) is 50.7 Å². The van der Waals surface area contributed by atoms with Crippen LogP contribution in [-0.2, 0) is 0 Å². The molecule has 1 unspecified atom stereocenters. The van der Waals surface area contributed by atoms with Crippen LogP contribution in [0.2, 0.25) is 0 Å². The molecule has 1 aliphatic rings. The van der Waals surface area contributed by atoms with E-state index >= 15 is 0 Å². The van der Waals surface area contributed by atoms with E-state index in [0.717, 1.165) is 57.2 Å². The minimum absolute atomic E-state index is 0. The molecule has 0 aromatic heterocycles. The summed E-state index contributed by atoms with van der Waals surface area (Å²) in [7, 11) is 0. The summed E-state index contributed by atoms with van der Waals surface area (Å²) in [5, 5.41) is 3.32. The number of nitrogens with one attached hydrogen (secondary N) is 1. The Balaban J connectivity index is 0.00000625. The van der Waals surface area contributed by atoms with E-state index in [4.69, 9.17) is 0 Å². The molecule has 0 saturated carbocycles. The molecular formula is C17H34F3IN4S. The summed E-state index contributed by atoms with van der Waals surface area (Å²) in [5.74, 6) is 2.33. The van der Waals surface area contributed by atoms with Gasteiger partial charge < -0.3 is 10.2 Å². The molecule has 1 saturated heterocycles. The summed E-state index contributed by atoms with van der Waals surface area (Å²) in [6.45, 7) is 7.20. The number of nitrogens with zero attached hydrogens (tertiary/aromatic N) is 3. The van der Waals surface area contributed by atoms with Crippen molar-refractivity contribution in [2.24, 2.45) is 10.9 Å². The molecule has 0 amide bonds. The highest BCUT2D eigenvalue weighted by molar-refractivity contribution is 14.0. The summed E-state index contributed by atoms with van der Waals surface area (Å²) >= 11 is 1.85. The van der Waals surface area contributed by atoms with Crippen molar-refractivity contribution in [2.45, 2.75) is 39.3 Å². The van der Waals surface area contributed by atoms with Gasteiger partial charge in [-0.3, -0.25) is 9.89 Å². The third-order valence-corrected chi connectivity index (χ3v) is 5.00. The standard InChI is InChI=1S/C17H33F3N4S.HI/c1-4-21-16(22-9-6-7-11-25-3)24-10-8-15(13-24)12-23(5-2)14-17(18,19)20;/h15H,4-14H2,1-3H3,(H,21,22);1H. The highest BCUT2D eigenvalue weighted by Crippen LogP contribution is 2.21. The Bertz CT molecular complexity index is 397. The first-order valence-electron chi connectivity index (χ1n) is 9.20. The average molecular weight is 510 g/mol. The number of rotatable bonds is 10. The fourth-order valence-corrected chi connectivity index (χ4v) is 3.56. The molecule has 1 rings (SSSR count). The summed E-state index contributed by atoms with van der Waals surface area (Å²) in [6, 6.07) is 0. The van der Waals surface area contributed by atoms with Crippen LogP contribution in [0.1, 0.15) is 33.1 Å². The number of alkyl halides is 3. The van der Waals surface area contributed by atoms with Gasteiger partial charge in [0.2, 0.25) is 0 Å². The lowest BCUT2D eigenvalue weighted by Gasteiger charge is -2.26. The van der Waals surface area contributed by atoms with Crippen LogP contribution in [0.5, 0.6) is 0 Å². The molecule has 4 nitrogen and oxygen atoms in total. The number of halogens is 4. The number of hydrogen-bond acceptors (Lipinski definition) is 3. The van der Waals surface area contributed by atoms with Crippen LogP contribution in [-0.4, -0.2) is 79.8 Å². The Morgan fingerprint density at radius 2 is 2.04 bits per heavy atom. The van der Waals surface area contributed by atoms with E-state index in [9.17, 15) is 13.2 Å². The topological polar surface area (TPSA) is 30.9 Å². The summed E-state index contributed by atoms with van der Waals surface area (Å²) < 4.78 is 37.9. The molecule has 1 aliphatic heterocycles. The molecule has 0 spiro atoms. The monoisotopic (exact) mass is 510 g/mol. The fourth-order valence-electron chi connectivity index (χ4n) is 3.07. The number of hydrogen-bond donors (Lipinski definition) is 1. The Kier molecular flexibility index (Phi) is 14.2. The van der Waals surface area contributed by atoms with Gasteiger partial charge in [0.15, 0.2) is 5.96 Å². The van der Waals surface area contributed by atoms with Gasteiger partial charge in [-0.25, -0.2) is 0 Å². The zero-order chi connectivity index (χ0) is 18.7. The van der Waals surface area contributed by atoms with Crippen LogP contribution in [0.3, 0.4) is 0 Å². The average Bonchev–Trinajstić information content (AvgIpc) is 3.00. The molecule has 0 radical (unpaired) electrons. The second kappa shape index (κ2) is 14.1. The summed E-state index contributed by atoms with van der Waals surface area (Å²) in [4.78, 5) is 8.39. The smallest absolute Gasteiger partial charge is 0.357 e. The van der Waals surface area contributed by atoms with Crippen molar-refractivity contribution in [1.29, 1.82) is 0 Å². The lowest BCUT2D eigenvalue weighted by molar-refractivity contribution is -0.146. The van der Waals surface area contributed by atoms with Crippen molar-refractivity contribution in [3.63, 3.8) is 0 Å². The van der Waals surface area contributed by atoms with Crippen molar-refractivity contribution in [1.82, 2.24) is 15.1 Å². The van der Waals surface area contributed by atoms with E-state index in [1.165, 1.54) is 4.90 Å². The maximum Gasteiger partial charge on any atom is 0.401 e. The largest absolute Gasteiger partial charge is 0.401 e. The lowest BCUT2D eigenvalue weighted by Crippen LogP contribution is -2.41. The van der Waals surface area contributed by atoms with Gasteiger partial charge in [0.05, 0.1) is 6.54 Å². The van der Waals surface area contributed by atoms with Crippen molar-refractivity contribution in [3.05, 3.63) is 0 Å². The van der Waals surface area contributed by atoms with Crippen LogP contribution in [0.4, 0.5) is 13.2 Å². The van der Waals surface area contributed by atoms with Gasteiger partial charge >= 0.3 is 6.18 Å². The first kappa shape index (κ1) is 26.1. The molecule has 0 aromatic carbocycles. The molecular weight excluding hydrogens is 476 g/mol. The molecule has 1 heterocycles. The van der Waals surface area contributed by atoms with E-state index in [1.54, 1.807) is 6.92 Å².